The van der Waals surface area contributed by atoms with Crippen LogP contribution in [0.5, 0.6) is 11.5 Å². The Balaban J connectivity index is 0.00000256. The Hall–Kier alpha value is -2.35. The van der Waals surface area contributed by atoms with Crippen LogP contribution in [-0.4, -0.2) is 49.8 Å². The van der Waals surface area contributed by atoms with Crippen LogP contribution in [0, 0.1) is 13.8 Å². The fourth-order valence-electron chi connectivity index (χ4n) is 3.45. The van der Waals surface area contributed by atoms with Crippen LogP contribution in [-0.2, 0) is 0 Å². The molecule has 1 amide bonds. The van der Waals surface area contributed by atoms with Crippen molar-refractivity contribution in [1.82, 2.24) is 9.88 Å². The number of hydrogen-bond donors (Lipinski definition) is 0. The first-order valence-electron chi connectivity index (χ1n) is 9.66. The molecule has 1 aromatic heterocycles. The molecule has 0 bridgehead atoms. The summed E-state index contributed by atoms with van der Waals surface area (Å²) in [7, 11) is 4.07. The SMILES string of the molecule is Cc1ccc(C(=O)N(CCCN(C)C)c2nc3cc4c(cc3s2)OCO4)c(C)c1.Cl. The quantitative estimate of drug-likeness (QED) is 0.550. The highest BCUT2D eigenvalue weighted by atomic mass is 35.5. The van der Waals surface area contributed by atoms with Gasteiger partial charge in [0.15, 0.2) is 16.6 Å². The van der Waals surface area contributed by atoms with Gasteiger partial charge in [-0.05, 0) is 52.5 Å². The summed E-state index contributed by atoms with van der Waals surface area (Å²) in [4.78, 5) is 22.1. The summed E-state index contributed by atoms with van der Waals surface area (Å²) in [6, 6.07) is 9.77. The molecule has 1 aliphatic rings. The van der Waals surface area contributed by atoms with Gasteiger partial charge >= 0.3 is 0 Å². The molecule has 0 aliphatic carbocycles. The number of halogens is 1. The van der Waals surface area contributed by atoms with E-state index < -0.39 is 0 Å². The van der Waals surface area contributed by atoms with Crippen molar-refractivity contribution in [2.45, 2.75) is 20.3 Å². The Morgan fingerprint density at radius 3 is 2.53 bits per heavy atom. The maximum atomic E-state index is 13.5. The number of hydrogen-bond acceptors (Lipinski definition) is 6. The summed E-state index contributed by atoms with van der Waals surface area (Å²) in [5, 5.41) is 0.701. The van der Waals surface area contributed by atoms with Crippen molar-refractivity contribution in [3.05, 3.63) is 47.0 Å². The largest absolute Gasteiger partial charge is 0.454 e. The third-order valence-electron chi connectivity index (χ3n) is 4.95. The van der Waals surface area contributed by atoms with Crippen molar-refractivity contribution in [1.29, 1.82) is 0 Å². The Bertz CT molecular complexity index is 1030. The van der Waals surface area contributed by atoms with E-state index in [9.17, 15) is 4.79 Å². The molecule has 0 saturated carbocycles. The van der Waals surface area contributed by atoms with Gasteiger partial charge < -0.3 is 14.4 Å². The molecule has 8 heteroatoms. The molecule has 0 unspecified atom stereocenters. The maximum Gasteiger partial charge on any atom is 0.260 e. The van der Waals surface area contributed by atoms with Gasteiger partial charge in [-0.25, -0.2) is 4.98 Å². The van der Waals surface area contributed by atoms with Gasteiger partial charge in [0.2, 0.25) is 6.79 Å². The number of ether oxygens (including phenoxy) is 2. The van der Waals surface area contributed by atoms with E-state index in [-0.39, 0.29) is 25.1 Å². The highest BCUT2D eigenvalue weighted by Crippen LogP contribution is 2.40. The van der Waals surface area contributed by atoms with Gasteiger partial charge in [0, 0.05) is 24.2 Å². The van der Waals surface area contributed by atoms with Crippen molar-refractivity contribution in [3.63, 3.8) is 0 Å². The van der Waals surface area contributed by atoms with E-state index in [1.807, 2.05) is 58.3 Å². The van der Waals surface area contributed by atoms with E-state index in [1.54, 1.807) is 4.90 Å². The normalized spacial score (nSPS) is 12.3. The van der Waals surface area contributed by atoms with E-state index in [0.29, 0.717) is 23.0 Å². The molecular weight excluding hydrogens is 422 g/mol. The molecule has 0 radical (unpaired) electrons. The maximum absolute atomic E-state index is 13.5. The van der Waals surface area contributed by atoms with E-state index in [1.165, 1.54) is 11.3 Å². The topological polar surface area (TPSA) is 54.9 Å². The Kier molecular flexibility index (Phi) is 6.85. The monoisotopic (exact) mass is 447 g/mol. The first kappa shape index (κ1) is 22.3. The third-order valence-corrected chi connectivity index (χ3v) is 5.99. The number of aryl methyl sites for hydroxylation is 2. The molecular formula is C22H26ClN3O3S. The Labute approximate surface area is 186 Å². The van der Waals surface area contributed by atoms with Crippen molar-refractivity contribution in [3.8, 4) is 11.5 Å². The average molecular weight is 448 g/mol. The van der Waals surface area contributed by atoms with Crippen LogP contribution >= 0.6 is 23.7 Å². The van der Waals surface area contributed by atoms with Gasteiger partial charge in [-0.2, -0.15) is 0 Å². The number of benzene rings is 2. The minimum atomic E-state index is -0.0136. The van der Waals surface area contributed by atoms with E-state index >= 15 is 0 Å². The molecule has 3 aromatic rings. The fourth-order valence-corrected chi connectivity index (χ4v) is 4.45. The molecule has 0 fully saturated rings. The van der Waals surface area contributed by atoms with Gasteiger partial charge in [0.1, 0.15) is 0 Å². The summed E-state index contributed by atoms with van der Waals surface area (Å²) < 4.78 is 11.9. The van der Waals surface area contributed by atoms with Crippen LogP contribution in [0.15, 0.2) is 30.3 Å². The number of thiazole rings is 1. The molecule has 1 aliphatic heterocycles. The van der Waals surface area contributed by atoms with Gasteiger partial charge in [0.25, 0.3) is 5.91 Å². The predicted molar refractivity (Wildman–Crippen MR) is 124 cm³/mol. The number of nitrogens with zero attached hydrogens (tertiary/aromatic N) is 3. The number of amides is 1. The van der Waals surface area contributed by atoms with Gasteiger partial charge in [0.05, 0.1) is 10.2 Å². The summed E-state index contributed by atoms with van der Waals surface area (Å²) in [6.45, 7) is 5.76. The molecule has 0 spiro atoms. The summed E-state index contributed by atoms with van der Waals surface area (Å²) in [6.07, 6.45) is 0.863. The number of aromatic nitrogens is 1. The lowest BCUT2D eigenvalue weighted by atomic mass is 10.0. The molecule has 30 heavy (non-hydrogen) atoms. The average Bonchev–Trinajstić information content (AvgIpc) is 3.28. The first-order valence-corrected chi connectivity index (χ1v) is 10.5. The van der Waals surface area contributed by atoms with Crippen LogP contribution in [0.1, 0.15) is 27.9 Å². The lowest BCUT2D eigenvalue weighted by Crippen LogP contribution is -2.33. The smallest absolute Gasteiger partial charge is 0.260 e. The van der Waals surface area contributed by atoms with Crippen molar-refractivity contribution in [2.75, 3.05) is 38.9 Å². The zero-order valence-electron chi connectivity index (χ0n) is 17.6. The van der Waals surface area contributed by atoms with Crippen LogP contribution < -0.4 is 14.4 Å². The van der Waals surface area contributed by atoms with Crippen LogP contribution in [0.2, 0.25) is 0 Å². The van der Waals surface area contributed by atoms with E-state index in [2.05, 4.69) is 4.90 Å². The van der Waals surface area contributed by atoms with Gasteiger partial charge in [-0.3, -0.25) is 9.69 Å². The standard InChI is InChI=1S/C22H25N3O3S.ClH/c1-14-6-7-16(15(2)10-14)21(26)25(9-5-8-24(3)4)22-23-17-11-18-19(28-13-27-18)12-20(17)29-22;/h6-7,10-12H,5,8-9,13H2,1-4H3;1H. The third kappa shape index (κ3) is 4.53. The molecule has 2 aromatic carbocycles. The second kappa shape index (κ2) is 9.20. The zero-order valence-corrected chi connectivity index (χ0v) is 19.2. The van der Waals surface area contributed by atoms with E-state index in [0.717, 1.165) is 40.1 Å². The summed E-state index contributed by atoms with van der Waals surface area (Å²) in [5.41, 5.74) is 3.66. The minimum absolute atomic E-state index is 0. The molecule has 4 rings (SSSR count). The van der Waals surface area contributed by atoms with Crippen LogP contribution in [0.3, 0.4) is 0 Å². The highest BCUT2D eigenvalue weighted by Gasteiger charge is 2.24. The van der Waals surface area contributed by atoms with Crippen molar-refractivity contribution >= 4 is 45.0 Å². The molecule has 160 valence electrons. The predicted octanol–water partition coefficient (Wildman–Crippen LogP) is 4.66. The van der Waals surface area contributed by atoms with Crippen molar-refractivity contribution in [2.24, 2.45) is 0 Å². The molecule has 0 atom stereocenters. The van der Waals surface area contributed by atoms with Crippen molar-refractivity contribution < 1.29 is 14.3 Å². The Morgan fingerprint density at radius 1 is 1.10 bits per heavy atom. The molecule has 2 heterocycles. The number of carbonyl (C=O) groups excluding carboxylic acids is 1. The Morgan fingerprint density at radius 2 is 1.83 bits per heavy atom. The van der Waals surface area contributed by atoms with Gasteiger partial charge in [-0.15, -0.1) is 12.4 Å². The molecule has 0 N–H and O–H groups in total. The summed E-state index contributed by atoms with van der Waals surface area (Å²) >= 11 is 1.51. The van der Waals surface area contributed by atoms with Crippen LogP contribution in [0.4, 0.5) is 5.13 Å². The van der Waals surface area contributed by atoms with E-state index in [4.69, 9.17) is 14.5 Å². The molecule has 6 nitrogen and oxygen atoms in total. The first-order chi connectivity index (χ1) is 13.9. The number of rotatable bonds is 6. The lowest BCUT2D eigenvalue weighted by Gasteiger charge is -2.22. The minimum Gasteiger partial charge on any atom is -0.454 e. The van der Waals surface area contributed by atoms with Crippen LogP contribution in [0.25, 0.3) is 10.2 Å². The second-order valence-corrected chi connectivity index (χ2v) is 8.61. The number of carbonyl (C=O) groups is 1. The molecule has 0 saturated heterocycles. The number of fused-ring (bicyclic) bond motifs is 2. The summed E-state index contributed by atoms with van der Waals surface area (Å²) in [5.74, 6) is 1.42. The zero-order chi connectivity index (χ0) is 20.5. The highest BCUT2D eigenvalue weighted by molar-refractivity contribution is 7.22. The fraction of sp³-hybridized carbons (Fsp3) is 0.364. The second-order valence-electron chi connectivity index (χ2n) is 7.60. The lowest BCUT2D eigenvalue weighted by molar-refractivity contribution is 0.0985. The number of anilines is 1. The van der Waals surface area contributed by atoms with Gasteiger partial charge in [-0.1, -0.05) is 29.0 Å².